The van der Waals surface area contributed by atoms with Crippen LogP contribution in [0, 0.1) is 0 Å². The number of aromatic nitrogens is 4. The lowest BCUT2D eigenvalue weighted by Gasteiger charge is -2.30. The number of likely N-dealkylation sites (tertiary alicyclic amines) is 1. The highest BCUT2D eigenvalue weighted by atomic mass is 19.4. The molecule has 1 saturated heterocycles. The maximum absolute atomic E-state index is 13.5. The van der Waals surface area contributed by atoms with E-state index in [0.717, 1.165) is 17.7 Å². The zero-order valence-electron chi connectivity index (χ0n) is 21.2. The van der Waals surface area contributed by atoms with Crippen LogP contribution >= 0.6 is 0 Å². The Bertz CT molecular complexity index is 1430. The van der Waals surface area contributed by atoms with Gasteiger partial charge in [-0.1, -0.05) is 42.5 Å². The Balaban J connectivity index is 1.37. The molecular formula is C28H27F3N6O2. The van der Waals surface area contributed by atoms with Crippen molar-refractivity contribution in [2.24, 2.45) is 0 Å². The van der Waals surface area contributed by atoms with Crippen LogP contribution in [0.15, 0.2) is 66.9 Å². The quantitative estimate of drug-likeness (QED) is 0.309. The van der Waals surface area contributed by atoms with Gasteiger partial charge >= 0.3 is 12.3 Å². The number of carbonyl (C=O) groups excluding carboxylic acids is 1. The van der Waals surface area contributed by atoms with Gasteiger partial charge in [-0.15, -0.1) is 0 Å². The minimum absolute atomic E-state index is 0.0212. The number of nitrogens with one attached hydrogen (secondary N) is 2. The van der Waals surface area contributed by atoms with E-state index >= 15 is 0 Å². The van der Waals surface area contributed by atoms with Gasteiger partial charge in [0.05, 0.1) is 22.6 Å². The highest BCUT2D eigenvalue weighted by Gasteiger charge is 2.32. The molecule has 0 aliphatic carbocycles. The number of alkyl halides is 3. The first kappa shape index (κ1) is 26.2. The summed E-state index contributed by atoms with van der Waals surface area (Å²) in [6, 6.07) is 16.3. The second-order valence-electron chi connectivity index (χ2n) is 9.24. The van der Waals surface area contributed by atoms with E-state index < -0.39 is 11.7 Å². The van der Waals surface area contributed by atoms with Gasteiger partial charge in [-0.2, -0.15) is 13.2 Å². The van der Waals surface area contributed by atoms with Gasteiger partial charge in [0.15, 0.2) is 0 Å². The summed E-state index contributed by atoms with van der Waals surface area (Å²) >= 11 is 0. The van der Waals surface area contributed by atoms with Gasteiger partial charge in [0, 0.05) is 37.8 Å². The largest absolute Gasteiger partial charge is 0.445 e. The highest BCUT2D eigenvalue weighted by molar-refractivity contribution is 5.77. The normalized spacial score (nSPS) is 14.3. The fourth-order valence-corrected chi connectivity index (χ4v) is 4.59. The summed E-state index contributed by atoms with van der Waals surface area (Å²) in [6.45, 7) is 1.16. The number of ether oxygens (including phenoxy) is 1. The molecule has 2 aromatic carbocycles. The molecule has 202 valence electrons. The van der Waals surface area contributed by atoms with Crippen molar-refractivity contribution in [3.05, 3.63) is 83.8 Å². The number of H-pyrrole nitrogens is 1. The molecule has 1 aliphatic heterocycles. The van der Waals surface area contributed by atoms with E-state index in [0.29, 0.717) is 60.3 Å². The van der Waals surface area contributed by atoms with Crippen LogP contribution < -0.4 is 5.32 Å². The van der Waals surface area contributed by atoms with Crippen LogP contribution in [0.5, 0.6) is 0 Å². The summed E-state index contributed by atoms with van der Waals surface area (Å²) in [4.78, 5) is 30.9. The lowest BCUT2D eigenvalue weighted by Crippen LogP contribution is -2.38. The summed E-state index contributed by atoms with van der Waals surface area (Å²) in [5.41, 5.74) is 1.87. The molecule has 1 aliphatic rings. The molecule has 11 heteroatoms. The van der Waals surface area contributed by atoms with Crippen molar-refractivity contribution >= 4 is 12.0 Å². The molecule has 0 atom stereocenters. The Morgan fingerprint density at radius 3 is 2.56 bits per heavy atom. The minimum atomic E-state index is -4.48. The number of nitrogens with zero attached hydrogens (tertiary/aromatic N) is 4. The predicted molar refractivity (Wildman–Crippen MR) is 140 cm³/mol. The van der Waals surface area contributed by atoms with Crippen molar-refractivity contribution in [2.45, 2.75) is 31.5 Å². The second-order valence-corrected chi connectivity index (χ2v) is 9.24. The van der Waals surface area contributed by atoms with Crippen LogP contribution in [-0.2, 0) is 17.5 Å². The molecular weight excluding hydrogens is 509 g/mol. The van der Waals surface area contributed by atoms with E-state index in [9.17, 15) is 18.0 Å². The molecule has 0 unspecified atom stereocenters. The topological polar surface area (TPSA) is 96.0 Å². The van der Waals surface area contributed by atoms with Gasteiger partial charge in [-0.3, -0.25) is 0 Å². The number of hydrogen-bond acceptors (Lipinski definition) is 6. The zero-order chi connectivity index (χ0) is 27.4. The van der Waals surface area contributed by atoms with Crippen LogP contribution in [0.1, 0.15) is 35.7 Å². The first-order valence-corrected chi connectivity index (χ1v) is 12.6. The summed E-state index contributed by atoms with van der Waals surface area (Å²) in [7, 11) is 1.68. The Kier molecular flexibility index (Phi) is 7.49. The third-order valence-corrected chi connectivity index (χ3v) is 6.67. The summed E-state index contributed by atoms with van der Waals surface area (Å²) < 4.78 is 45.8. The molecule has 4 aromatic rings. The highest BCUT2D eigenvalue weighted by Crippen LogP contribution is 2.37. The monoisotopic (exact) mass is 536 g/mol. The number of anilines is 1. The Morgan fingerprint density at radius 1 is 1.08 bits per heavy atom. The smallest absolute Gasteiger partial charge is 0.416 e. The maximum atomic E-state index is 13.5. The van der Waals surface area contributed by atoms with Gasteiger partial charge in [0.2, 0.25) is 5.95 Å². The Labute approximate surface area is 223 Å². The van der Waals surface area contributed by atoms with Crippen molar-refractivity contribution in [3.63, 3.8) is 0 Å². The predicted octanol–water partition coefficient (Wildman–Crippen LogP) is 6.11. The summed E-state index contributed by atoms with van der Waals surface area (Å²) in [5, 5.41) is 2.88. The zero-order valence-corrected chi connectivity index (χ0v) is 21.2. The standard InChI is InChI=1S/C28H27F3N6O2/c1-32-26-33-13-10-22(34-26)24-23(20-8-5-9-21(16-20)28(29,30)31)35-25(36-24)19-11-14-37(15-12-19)27(38)39-17-18-6-3-2-4-7-18/h2-10,13,16,19H,11-12,14-15,17H2,1H3,(H,35,36)(H,32,33,34). The first-order chi connectivity index (χ1) is 18.8. The fourth-order valence-electron chi connectivity index (χ4n) is 4.59. The van der Waals surface area contributed by atoms with E-state index in [2.05, 4.69) is 20.3 Å². The van der Waals surface area contributed by atoms with E-state index in [-0.39, 0.29) is 18.6 Å². The number of imidazole rings is 1. The number of rotatable bonds is 6. The van der Waals surface area contributed by atoms with E-state index in [1.165, 1.54) is 6.07 Å². The lowest BCUT2D eigenvalue weighted by atomic mass is 9.96. The van der Waals surface area contributed by atoms with E-state index in [1.807, 2.05) is 30.3 Å². The van der Waals surface area contributed by atoms with E-state index in [1.54, 1.807) is 30.3 Å². The van der Waals surface area contributed by atoms with Crippen LogP contribution in [-0.4, -0.2) is 51.1 Å². The van der Waals surface area contributed by atoms with Gasteiger partial charge in [0.25, 0.3) is 0 Å². The molecule has 3 heterocycles. The number of piperidine rings is 1. The molecule has 5 rings (SSSR count). The van der Waals surface area contributed by atoms with Crippen molar-refractivity contribution in [3.8, 4) is 22.6 Å². The average Bonchev–Trinajstić information content (AvgIpc) is 3.42. The number of halogens is 3. The average molecular weight is 537 g/mol. The number of carbonyl (C=O) groups is 1. The molecule has 1 fully saturated rings. The Morgan fingerprint density at radius 2 is 1.85 bits per heavy atom. The van der Waals surface area contributed by atoms with Crippen LogP contribution in [0.2, 0.25) is 0 Å². The molecule has 0 spiro atoms. The number of benzene rings is 2. The van der Waals surface area contributed by atoms with Crippen LogP contribution in [0.4, 0.5) is 23.9 Å². The number of amides is 1. The summed E-state index contributed by atoms with van der Waals surface area (Å²) in [6.07, 6.45) is -2.03. The number of aromatic amines is 1. The fraction of sp³-hybridized carbons (Fsp3) is 0.286. The van der Waals surface area contributed by atoms with Crippen molar-refractivity contribution < 1.29 is 22.7 Å². The van der Waals surface area contributed by atoms with Gasteiger partial charge in [-0.05, 0) is 36.6 Å². The molecule has 1 amide bonds. The third-order valence-electron chi connectivity index (χ3n) is 6.67. The molecule has 0 saturated carbocycles. The Hall–Kier alpha value is -4.41. The van der Waals surface area contributed by atoms with Crippen molar-refractivity contribution in [1.82, 2.24) is 24.8 Å². The number of hydrogen-bond donors (Lipinski definition) is 2. The van der Waals surface area contributed by atoms with Crippen molar-refractivity contribution in [2.75, 3.05) is 25.5 Å². The summed E-state index contributed by atoms with van der Waals surface area (Å²) in [5.74, 6) is 0.993. The molecule has 0 radical (unpaired) electrons. The second kappa shape index (κ2) is 11.1. The van der Waals surface area contributed by atoms with Gasteiger partial charge in [0.1, 0.15) is 12.4 Å². The lowest BCUT2D eigenvalue weighted by molar-refractivity contribution is -0.137. The van der Waals surface area contributed by atoms with Crippen LogP contribution in [0.25, 0.3) is 22.6 Å². The maximum Gasteiger partial charge on any atom is 0.416 e. The molecule has 39 heavy (non-hydrogen) atoms. The van der Waals surface area contributed by atoms with Gasteiger partial charge < -0.3 is 19.9 Å². The molecule has 2 aromatic heterocycles. The minimum Gasteiger partial charge on any atom is -0.445 e. The molecule has 2 N–H and O–H groups in total. The molecule has 0 bridgehead atoms. The van der Waals surface area contributed by atoms with E-state index in [4.69, 9.17) is 9.72 Å². The van der Waals surface area contributed by atoms with Crippen molar-refractivity contribution in [1.29, 1.82) is 0 Å². The third kappa shape index (κ3) is 6.02. The van der Waals surface area contributed by atoms with Gasteiger partial charge in [-0.25, -0.2) is 19.7 Å². The molecule has 8 nitrogen and oxygen atoms in total. The first-order valence-electron chi connectivity index (χ1n) is 12.6. The van der Waals surface area contributed by atoms with Crippen LogP contribution in [0.3, 0.4) is 0 Å². The SMILES string of the molecule is CNc1nccc(-c2[nH]c(C3CCN(C(=O)OCc4ccccc4)CC3)nc2-c2cccc(C(F)(F)F)c2)n1.